The zero-order valence-electron chi connectivity index (χ0n) is 14.3. The van der Waals surface area contributed by atoms with Crippen LogP contribution in [-0.2, 0) is 4.79 Å². The minimum atomic E-state index is -0.530. The molecule has 0 aliphatic rings. The Labute approximate surface area is 155 Å². The molecule has 130 valence electrons. The molecule has 0 unspecified atom stereocenters. The van der Waals surface area contributed by atoms with Crippen LogP contribution in [0.3, 0.4) is 0 Å². The molecule has 3 rings (SSSR count). The molecule has 0 aliphatic heterocycles. The number of ether oxygens (including phenoxy) is 1. The van der Waals surface area contributed by atoms with E-state index in [-0.39, 0.29) is 5.57 Å². The summed E-state index contributed by atoms with van der Waals surface area (Å²) in [6.07, 6.45) is 1.58. The van der Waals surface area contributed by atoms with E-state index in [9.17, 15) is 10.1 Å². The Morgan fingerprint density at radius 3 is 2.81 bits per heavy atom. The first-order chi connectivity index (χ1) is 12.5. The van der Waals surface area contributed by atoms with Crippen LogP contribution in [0.4, 0.5) is 5.69 Å². The van der Waals surface area contributed by atoms with Crippen LogP contribution in [0.2, 0.25) is 5.02 Å². The van der Waals surface area contributed by atoms with Crippen LogP contribution >= 0.6 is 11.6 Å². The Hall–Kier alpha value is -3.23. The molecular formula is C20H16ClN3O2. The molecule has 0 atom stereocenters. The van der Waals surface area contributed by atoms with Gasteiger partial charge in [-0.3, -0.25) is 4.79 Å². The van der Waals surface area contributed by atoms with E-state index in [1.54, 1.807) is 24.3 Å². The third-order valence-corrected chi connectivity index (χ3v) is 4.24. The number of benzene rings is 2. The number of aromatic nitrogens is 1. The van der Waals surface area contributed by atoms with Gasteiger partial charge in [-0.2, -0.15) is 5.26 Å². The zero-order valence-corrected chi connectivity index (χ0v) is 15.0. The lowest BCUT2D eigenvalue weighted by Gasteiger charge is -2.10. The van der Waals surface area contributed by atoms with Crippen molar-refractivity contribution >= 4 is 40.2 Å². The molecule has 0 fully saturated rings. The third-order valence-electron chi connectivity index (χ3n) is 4.01. The minimum absolute atomic E-state index is 0.0140. The number of carbonyl (C=O) groups excluding carboxylic acids is 1. The predicted molar refractivity (Wildman–Crippen MR) is 103 cm³/mol. The van der Waals surface area contributed by atoms with Crippen molar-refractivity contribution in [3.63, 3.8) is 0 Å². The number of nitrogens with zero attached hydrogens (tertiary/aromatic N) is 1. The summed E-state index contributed by atoms with van der Waals surface area (Å²) in [5.41, 5.74) is 3.03. The number of nitrogens with one attached hydrogen (secondary N) is 2. The molecule has 0 radical (unpaired) electrons. The van der Waals surface area contributed by atoms with Gasteiger partial charge in [-0.1, -0.05) is 29.8 Å². The van der Waals surface area contributed by atoms with Crippen LogP contribution in [0.15, 0.2) is 48.0 Å². The number of H-pyrrole nitrogens is 1. The van der Waals surface area contributed by atoms with Crippen LogP contribution in [0.25, 0.3) is 17.0 Å². The number of hydrogen-bond acceptors (Lipinski definition) is 3. The Kier molecular flexibility index (Phi) is 4.97. The average molecular weight is 366 g/mol. The van der Waals surface area contributed by atoms with E-state index in [2.05, 4.69) is 10.3 Å². The summed E-state index contributed by atoms with van der Waals surface area (Å²) in [6.45, 7) is 1.90. The SMILES string of the molecule is COc1ccc(Cl)cc1NC(=O)/C(C#N)=C/c1c(C)[nH]c2ccccc12. The fourth-order valence-electron chi connectivity index (χ4n) is 2.74. The van der Waals surface area contributed by atoms with Gasteiger partial charge in [0.05, 0.1) is 12.8 Å². The Balaban J connectivity index is 1.97. The maximum absolute atomic E-state index is 12.6. The lowest BCUT2D eigenvalue weighted by molar-refractivity contribution is -0.112. The molecule has 0 spiro atoms. The van der Waals surface area contributed by atoms with E-state index in [4.69, 9.17) is 16.3 Å². The van der Waals surface area contributed by atoms with Gasteiger partial charge in [0, 0.05) is 27.2 Å². The van der Waals surface area contributed by atoms with Crippen LogP contribution in [0, 0.1) is 18.3 Å². The van der Waals surface area contributed by atoms with Gasteiger partial charge in [0.15, 0.2) is 0 Å². The molecule has 5 nitrogen and oxygen atoms in total. The van der Waals surface area contributed by atoms with Crippen LogP contribution < -0.4 is 10.1 Å². The smallest absolute Gasteiger partial charge is 0.266 e. The first-order valence-electron chi connectivity index (χ1n) is 7.87. The summed E-state index contributed by atoms with van der Waals surface area (Å²) in [4.78, 5) is 15.8. The number of anilines is 1. The summed E-state index contributed by atoms with van der Waals surface area (Å²) >= 11 is 5.98. The highest BCUT2D eigenvalue weighted by Crippen LogP contribution is 2.29. The van der Waals surface area contributed by atoms with E-state index < -0.39 is 5.91 Å². The second-order valence-corrected chi connectivity index (χ2v) is 6.11. The maximum atomic E-state index is 12.6. The largest absolute Gasteiger partial charge is 0.495 e. The molecule has 3 aromatic rings. The summed E-state index contributed by atoms with van der Waals surface area (Å²) in [5.74, 6) is -0.0685. The fourth-order valence-corrected chi connectivity index (χ4v) is 2.92. The second-order valence-electron chi connectivity index (χ2n) is 5.68. The highest BCUT2D eigenvalue weighted by Gasteiger charge is 2.15. The fraction of sp³-hybridized carbons (Fsp3) is 0.100. The zero-order chi connectivity index (χ0) is 18.7. The number of methoxy groups -OCH3 is 1. The third kappa shape index (κ3) is 3.41. The van der Waals surface area contributed by atoms with Crippen LogP contribution in [0.5, 0.6) is 5.75 Å². The van der Waals surface area contributed by atoms with Gasteiger partial charge in [0.1, 0.15) is 17.4 Å². The number of hydrogen-bond donors (Lipinski definition) is 2. The first kappa shape index (κ1) is 17.6. The molecule has 26 heavy (non-hydrogen) atoms. The molecule has 0 aliphatic carbocycles. The van der Waals surface area contributed by atoms with Crippen LogP contribution in [0.1, 0.15) is 11.3 Å². The predicted octanol–water partition coefficient (Wildman–Crippen LogP) is 4.68. The van der Waals surface area contributed by atoms with Gasteiger partial charge in [0.2, 0.25) is 0 Å². The quantitative estimate of drug-likeness (QED) is 0.520. The molecule has 1 amide bonds. The molecule has 1 aromatic heterocycles. The van der Waals surface area contributed by atoms with Gasteiger partial charge in [0.25, 0.3) is 5.91 Å². The lowest BCUT2D eigenvalue weighted by Crippen LogP contribution is -2.14. The van der Waals surface area contributed by atoms with Crippen molar-refractivity contribution in [3.8, 4) is 11.8 Å². The molecular weight excluding hydrogens is 350 g/mol. The van der Waals surface area contributed by atoms with Crippen molar-refractivity contribution in [2.45, 2.75) is 6.92 Å². The Morgan fingerprint density at radius 1 is 1.31 bits per heavy atom. The standard InChI is InChI=1S/C20H16ClN3O2/c1-12-16(15-5-3-4-6-17(15)23-12)9-13(11-22)20(25)24-18-10-14(21)7-8-19(18)26-2/h3-10,23H,1-2H3,(H,24,25)/b13-9+. The van der Waals surface area contributed by atoms with Crippen molar-refractivity contribution in [1.29, 1.82) is 5.26 Å². The number of rotatable bonds is 4. The van der Waals surface area contributed by atoms with Gasteiger partial charge in [-0.25, -0.2) is 0 Å². The normalized spacial score (nSPS) is 11.2. The van der Waals surface area contributed by atoms with Crippen molar-refractivity contribution in [2.75, 3.05) is 12.4 Å². The summed E-state index contributed by atoms with van der Waals surface area (Å²) in [5, 5.41) is 13.6. The van der Waals surface area contributed by atoms with Crippen molar-refractivity contribution < 1.29 is 9.53 Å². The van der Waals surface area contributed by atoms with Gasteiger partial charge >= 0.3 is 0 Å². The molecule has 1 heterocycles. The minimum Gasteiger partial charge on any atom is -0.495 e. The van der Waals surface area contributed by atoms with Crippen molar-refractivity contribution in [3.05, 3.63) is 64.3 Å². The summed E-state index contributed by atoms with van der Waals surface area (Å²) in [7, 11) is 1.50. The van der Waals surface area contributed by atoms with Crippen LogP contribution in [-0.4, -0.2) is 18.0 Å². The molecule has 0 saturated heterocycles. The molecule has 2 N–H and O–H groups in total. The van der Waals surface area contributed by atoms with E-state index in [0.29, 0.717) is 16.5 Å². The molecule has 0 saturated carbocycles. The topological polar surface area (TPSA) is 77.9 Å². The van der Waals surface area contributed by atoms with Gasteiger partial charge in [-0.05, 0) is 37.3 Å². The lowest BCUT2D eigenvalue weighted by atomic mass is 10.1. The number of halogens is 1. The van der Waals surface area contributed by atoms with Gasteiger partial charge < -0.3 is 15.0 Å². The van der Waals surface area contributed by atoms with E-state index >= 15 is 0 Å². The monoisotopic (exact) mass is 365 g/mol. The van der Waals surface area contributed by atoms with E-state index in [0.717, 1.165) is 22.2 Å². The number of amides is 1. The summed E-state index contributed by atoms with van der Waals surface area (Å²) < 4.78 is 5.22. The number of nitriles is 1. The Bertz CT molecular complexity index is 1060. The number of para-hydroxylation sites is 1. The highest BCUT2D eigenvalue weighted by atomic mass is 35.5. The molecule has 6 heteroatoms. The van der Waals surface area contributed by atoms with Gasteiger partial charge in [-0.15, -0.1) is 0 Å². The first-order valence-corrected chi connectivity index (χ1v) is 8.25. The number of carbonyl (C=O) groups is 1. The Morgan fingerprint density at radius 2 is 2.08 bits per heavy atom. The number of aryl methyl sites for hydroxylation is 1. The summed E-state index contributed by atoms with van der Waals surface area (Å²) in [6, 6.07) is 14.6. The average Bonchev–Trinajstić information content (AvgIpc) is 2.95. The maximum Gasteiger partial charge on any atom is 0.266 e. The van der Waals surface area contributed by atoms with Crippen molar-refractivity contribution in [2.24, 2.45) is 0 Å². The molecule has 0 bridgehead atoms. The highest BCUT2D eigenvalue weighted by molar-refractivity contribution is 6.31. The number of aromatic amines is 1. The van der Waals surface area contributed by atoms with E-state index in [1.165, 1.54) is 7.11 Å². The second kappa shape index (κ2) is 7.34. The number of fused-ring (bicyclic) bond motifs is 1. The van der Waals surface area contributed by atoms with Crippen molar-refractivity contribution in [1.82, 2.24) is 4.98 Å². The molecule has 2 aromatic carbocycles. The van der Waals surface area contributed by atoms with E-state index in [1.807, 2.05) is 37.3 Å².